The van der Waals surface area contributed by atoms with Crippen LogP contribution in [0.25, 0.3) is 0 Å². The van der Waals surface area contributed by atoms with Crippen LogP contribution in [0.4, 0.5) is 10.6 Å². The first-order valence-electron chi connectivity index (χ1n) is 12.4. The highest BCUT2D eigenvalue weighted by atomic mass is 16.5. The van der Waals surface area contributed by atoms with Crippen LogP contribution in [-0.4, -0.2) is 71.1 Å². The first kappa shape index (κ1) is 22.9. The van der Waals surface area contributed by atoms with Crippen molar-refractivity contribution in [3.63, 3.8) is 0 Å². The molecule has 3 amide bonds. The maximum Gasteiger partial charge on any atom is 0.321 e. The molecule has 0 atom stereocenters. The first-order valence-corrected chi connectivity index (χ1v) is 12.4. The molecular weight excluding hydrogens is 430 g/mol. The van der Waals surface area contributed by atoms with Gasteiger partial charge in [0.05, 0.1) is 5.54 Å². The van der Waals surface area contributed by atoms with Gasteiger partial charge in [-0.3, -0.25) is 9.69 Å². The van der Waals surface area contributed by atoms with Crippen molar-refractivity contribution >= 4 is 17.8 Å². The number of aromatic nitrogens is 1. The van der Waals surface area contributed by atoms with Gasteiger partial charge in [0.15, 0.2) is 5.82 Å². The fourth-order valence-electron chi connectivity index (χ4n) is 6.14. The van der Waals surface area contributed by atoms with Crippen LogP contribution in [0, 0.1) is 5.92 Å². The number of rotatable bonds is 7. The number of amides is 3. The molecule has 3 fully saturated rings. The minimum Gasteiger partial charge on any atom is -0.363 e. The molecule has 1 saturated heterocycles. The van der Waals surface area contributed by atoms with E-state index in [0.29, 0.717) is 18.3 Å². The summed E-state index contributed by atoms with van der Waals surface area (Å²) in [5.41, 5.74) is 1.10. The highest BCUT2D eigenvalue weighted by Crippen LogP contribution is 2.49. The van der Waals surface area contributed by atoms with Crippen LogP contribution in [0.3, 0.4) is 0 Å². The van der Waals surface area contributed by atoms with Crippen LogP contribution in [0.2, 0.25) is 0 Å². The van der Waals surface area contributed by atoms with Crippen molar-refractivity contribution < 1.29 is 14.1 Å². The maximum absolute atomic E-state index is 13.6. The summed E-state index contributed by atoms with van der Waals surface area (Å²) in [6.07, 6.45) is 8.88. The normalized spacial score (nSPS) is 27.4. The quantitative estimate of drug-likeness (QED) is 0.670. The van der Waals surface area contributed by atoms with Crippen LogP contribution in [0.15, 0.2) is 47.2 Å². The van der Waals surface area contributed by atoms with Crippen molar-refractivity contribution in [3.8, 4) is 0 Å². The van der Waals surface area contributed by atoms with Gasteiger partial charge >= 0.3 is 6.03 Å². The minimum absolute atomic E-state index is 0.000679. The molecule has 2 aromatic rings. The van der Waals surface area contributed by atoms with Gasteiger partial charge in [0.2, 0.25) is 5.91 Å². The van der Waals surface area contributed by atoms with E-state index in [9.17, 15) is 9.59 Å². The number of hydrogen-bond donors (Lipinski definition) is 1. The Morgan fingerprint density at radius 2 is 1.88 bits per heavy atom. The average Bonchev–Trinajstić information content (AvgIpc) is 3.39. The molecule has 1 aromatic heterocycles. The summed E-state index contributed by atoms with van der Waals surface area (Å²) in [6, 6.07) is 12.3. The van der Waals surface area contributed by atoms with E-state index in [1.54, 1.807) is 11.0 Å². The van der Waals surface area contributed by atoms with Crippen LogP contribution in [0.1, 0.15) is 50.5 Å². The summed E-state index contributed by atoms with van der Waals surface area (Å²) in [5.74, 6) is 0.707. The van der Waals surface area contributed by atoms with Gasteiger partial charge in [-0.15, -0.1) is 0 Å². The third-order valence-electron chi connectivity index (χ3n) is 8.44. The summed E-state index contributed by atoms with van der Waals surface area (Å²) in [4.78, 5) is 32.4. The van der Waals surface area contributed by atoms with E-state index in [2.05, 4.69) is 64.7 Å². The van der Waals surface area contributed by atoms with E-state index in [4.69, 9.17) is 4.52 Å². The predicted molar refractivity (Wildman–Crippen MR) is 129 cm³/mol. The van der Waals surface area contributed by atoms with Gasteiger partial charge in [0, 0.05) is 24.7 Å². The van der Waals surface area contributed by atoms with Gasteiger partial charge in [-0.25, -0.2) is 4.79 Å². The molecule has 1 aliphatic heterocycles. The molecule has 5 rings (SSSR count). The molecule has 2 saturated carbocycles. The zero-order chi connectivity index (χ0) is 23.8. The molecule has 1 aromatic carbocycles. The van der Waals surface area contributed by atoms with E-state index in [-0.39, 0.29) is 29.6 Å². The van der Waals surface area contributed by atoms with Gasteiger partial charge in [0.1, 0.15) is 12.8 Å². The Hall–Kier alpha value is -2.87. The molecule has 34 heavy (non-hydrogen) atoms. The van der Waals surface area contributed by atoms with Crippen LogP contribution < -0.4 is 5.32 Å². The van der Waals surface area contributed by atoms with E-state index in [1.807, 2.05) is 0 Å². The second-order valence-corrected chi connectivity index (χ2v) is 10.5. The minimum atomic E-state index is -0.245. The lowest BCUT2D eigenvalue weighted by Gasteiger charge is -2.51. The van der Waals surface area contributed by atoms with Gasteiger partial charge < -0.3 is 19.6 Å². The van der Waals surface area contributed by atoms with Crippen molar-refractivity contribution in [2.24, 2.45) is 5.92 Å². The van der Waals surface area contributed by atoms with Crippen LogP contribution >= 0.6 is 0 Å². The molecule has 182 valence electrons. The number of urea groups is 1. The Bertz CT molecular complexity index is 995. The van der Waals surface area contributed by atoms with Gasteiger partial charge in [0.25, 0.3) is 0 Å². The van der Waals surface area contributed by atoms with Crippen molar-refractivity contribution in [3.05, 3.63) is 48.2 Å². The van der Waals surface area contributed by atoms with Crippen molar-refractivity contribution in [2.45, 2.75) is 56.0 Å². The Morgan fingerprint density at radius 3 is 2.47 bits per heavy atom. The van der Waals surface area contributed by atoms with Crippen LogP contribution in [-0.2, 0) is 10.3 Å². The summed E-state index contributed by atoms with van der Waals surface area (Å²) in [6.45, 7) is 1.44. The zero-order valence-electron chi connectivity index (χ0n) is 20.2. The van der Waals surface area contributed by atoms with Gasteiger partial charge in [-0.05, 0) is 64.1 Å². The van der Waals surface area contributed by atoms with Crippen molar-refractivity contribution in [1.29, 1.82) is 0 Å². The topological polar surface area (TPSA) is 81.9 Å². The predicted octanol–water partition coefficient (Wildman–Crippen LogP) is 3.92. The maximum atomic E-state index is 13.6. The number of nitrogens with zero attached hydrogens (tertiary/aromatic N) is 4. The highest BCUT2D eigenvalue weighted by molar-refractivity contribution is 5.94. The number of carbonyl (C=O) groups is 2. The largest absolute Gasteiger partial charge is 0.363 e. The van der Waals surface area contributed by atoms with Gasteiger partial charge in [-0.1, -0.05) is 41.9 Å². The summed E-state index contributed by atoms with van der Waals surface area (Å²) < 4.78 is 4.79. The molecule has 8 heteroatoms. The smallest absolute Gasteiger partial charge is 0.321 e. The Kier molecular flexibility index (Phi) is 6.10. The molecule has 8 nitrogen and oxygen atoms in total. The third-order valence-corrected chi connectivity index (χ3v) is 8.44. The third kappa shape index (κ3) is 4.08. The standard InChI is InChI=1S/C26H35N5O3/c1-29(2)26(21-9-4-3-5-10-21)14-12-25(13-15-26)19-30(18-23(32)27-22-11-16-34-28-22)24(33)31(25)17-20-7-6-8-20/h3-5,9-11,16,20H,6-8,12-15,17-19H2,1-2H3,(H,27,28,32)/t25-,26+. The average molecular weight is 466 g/mol. The zero-order valence-corrected chi connectivity index (χ0v) is 20.2. The van der Waals surface area contributed by atoms with E-state index >= 15 is 0 Å². The molecule has 3 aliphatic rings. The summed E-state index contributed by atoms with van der Waals surface area (Å²) in [7, 11) is 4.33. The molecular formula is C26H35N5O3. The Balaban J connectivity index is 1.35. The lowest BCUT2D eigenvalue weighted by molar-refractivity contribution is -0.116. The molecule has 1 spiro atoms. The first-order chi connectivity index (χ1) is 16.4. The highest BCUT2D eigenvalue weighted by Gasteiger charge is 2.55. The van der Waals surface area contributed by atoms with Crippen molar-refractivity contribution in [2.75, 3.05) is 39.0 Å². The molecule has 1 N–H and O–H groups in total. The fraction of sp³-hybridized carbons (Fsp3) is 0.577. The lowest BCUT2D eigenvalue weighted by Crippen LogP contribution is -2.56. The van der Waals surface area contributed by atoms with E-state index in [1.165, 1.54) is 31.1 Å². The number of nitrogens with one attached hydrogen (secondary N) is 1. The monoisotopic (exact) mass is 465 g/mol. The molecule has 2 heterocycles. The lowest BCUT2D eigenvalue weighted by atomic mass is 9.68. The van der Waals surface area contributed by atoms with E-state index in [0.717, 1.165) is 32.2 Å². The second-order valence-electron chi connectivity index (χ2n) is 10.5. The van der Waals surface area contributed by atoms with Gasteiger partial charge in [-0.2, -0.15) is 0 Å². The summed E-state index contributed by atoms with van der Waals surface area (Å²) in [5, 5.41) is 6.47. The number of carbonyl (C=O) groups excluding carboxylic acids is 2. The van der Waals surface area contributed by atoms with Crippen molar-refractivity contribution in [1.82, 2.24) is 19.9 Å². The molecule has 0 unspecified atom stereocenters. The SMILES string of the molecule is CN(C)[C@]1(c2ccccc2)CC[C@]2(CC1)CN(CC(=O)Nc1ccon1)C(=O)N2CC1CCC1. The Labute approximate surface area is 201 Å². The molecule has 2 aliphatic carbocycles. The number of hydrogen-bond acceptors (Lipinski definition) is 5. The Morgan fingerprint density at radius 1 is 1.15 bits per heavy atom. The second kappa shape index (κ2) is 9.06. The summed E-state index contributed by atoms with van der Waals surface area (Å²) >= 11 is 0. The molecule has 0 radical (unpaired) electrons. The number of anilines is 1. The number of benzene rings is 1. The van der Waals surface area contributed by atoms with Crippen LogP contribution in [0.5, 0.6) is 0 Å². The van der Waals surface area contributed by atoms with E-state index < -0.39 is 0 Å². The molecule has 0 bridgehead atoms. The fourth-order valence-corrected chi connectivity index (χ4v) is 6.14.